The highest BCUT2D eigenvalue weighted by molar-refractivity contribution is 6.12. The summed E-state index contributed by atoms with van der Waals surface area (Å²) >= 11 is 0. The SMILES string of the molecule is CCC1(C)Cc2ccccc2C(c2nnc3c(C)cccc3n2)=N1. The summed E-state index contributed by atoms with van der Waals surface area (Å²) in [6.45, 7) is 6.40. The smallest absolute Gasteiger partial charge is 0.201 e. The maximum Gasteiger partial charge on any atom is 0.201 e. The lowest BCUT2D eigenvalue weighted by Crippen LogP contribution is -2.32. The zero-order valence-corrected chi connectivity index (χ0v) is 14.2. The minimum atomic E-state index is -0.116. The molecular formula is C20H20N4. The Morgan fingerprint density at radius 3 is 2.71 bits per heavy atom. The molecule has 0 N–H and O–H groups in total. The number of rotatable bonds is 2. The molecule has 1 atom stereocenters. The van der Waals surface area contributed by atoms with Gasteiger partial charge in [0.25, 0.3) is 0 Å². The third-order valence-corrected chi connectivity index (χ3v) is 4.89. The minimum absolute atomic E-state index is 0.116. The molecule has 0 saturated heterocycles. The van der Waals surface area contributed by atoms with Gasteiger partial charge >= 0.3 is 0 Å². The van der Waals surface area contributed by atoms with Crippen molar-refractivity contribution in [1.29, 1.82) is 0 Å². The molecule has 1 aliphatic heterocycles. The van der Waals surface area contributed by atoms with E-state index in [1.165, 1.54) is 5.56 Å². The van der Waals surface area contributed by atoms with Crippen molar-refractivity contribution in [3.63, 3.8) is 0 Å². The van der Waals surface area contributed by atoms with Crippen molar-refractivity contribution in [2.24, 2.45) is 4.99 Å². The maximum absolute atomic E-state index is 5.02. The predicted octanol–water partition coefficient (Wildman–Crippen LogP) is 3.90. The Kier molecular flexibility index (Phi) is 3.41. The Labute approximate surface area is 141 Å². The van der Waals surface area contributed by atoms with Crippen LogP contribution in [0, 0.1) is 6.92 Å². The molecule has 0 saturated carbocycles. The van der Waals surface area contributed by atoms with Crippen LogP contribution < -0.4 is 0 Å². The standard InChI is InChI=1S/C20H20N4/c1-4-20(3)12-14-9-5-6-10-15(14)18(22-20)19-21-16-11-7-8-13(2)17(16)23-24-19/h5-11H,4,12H2,1-3H3. The average molecular weight is 316 g/mol. The highest BCUT2D eigenvalue weighted by Crippen LogP contribution is 2.31. The van der Waals surface area contributed by atoms with Crippen LogP contribution in [0.25, 0.3) is 11.0 Å². The van der Waals surface area contributed by atoms with Crippen LogP contribution in [-0.2, 0) is 6.42 Å². The monoisotopic (exact) mass is 316 g/mol. The van der Waals surface area contributed by atoms with E-state index in [1.54, 1.807) is 0 Å². The van der Waals surface area contributed by atoms with Gasteiger partial charge in [-0.15, -0.1) is 10.2 Å². The van der Waals surface area contributed by atoms with Gasteiger partial charge in [-0.3, -0.25) is 4.99 Å². The first-order valence-corrected chi connectivity index (χ1v) is 8.38. The summed E-state index contributed by atoms with van der Waals surface area (Å²) in [4.78, 5) is 9.78. The van der Waals surface area contributed by atoms with Crippen LogP contribution in [0.15, 0.2) is 47.5 Å². The highest BCUT2D eigenvalue weighted by Gasteiger charge is 2.31. The Balaban J connectivity index is 1.93. The van der Waals surface area contributed by atoms with Crippen LogP contribution in [-0.4, -0.2) is 26.4 Å². The molecule has 4 rings (SSSR count). The largest absolute Gasteiger partial charge is 0.274 e. The van der Waals surface area contributed by atoms with Crippen molar-refractivity contribution < 1.29 is 0 Å². The molecular weight excluding hydrogens is 296 g/mol. The van der Waals surface area contributed by atoms with E-state index < -0.39 is 0 Å². The fraction of sp³-hybridized carbons (Fsp3) is 0.300. The van der Waals surface area contributed by atoms with Crippen molar-refractivity contribution in [2.75, 3.05) is 0 Å². The van der Waals surface area contributed by atoms with E-state index in [2.05, 4.69) is 42.2 Å². The zero-order chi connectivity index (χ0) is 16.7. The van der Waals surface area contributed by atoms with Gasteiger partial charge in [-0.1, -0.05) is 43.3 Å². The van der Waals surface area contributed by atoms with Gasteiger partial charge in [-0.2, -0.15) is 0 Å². The van der Waals surface area contributed by atoms with E-state index in [0.717, 1.165) is 40.7 Å². The molecule has 1 unspecified atom stereocenters. The molecule has 0 spiro atoms. The van der Waals surface area contributed by atoms with Crippen LogP contribution in [0.3, 0.4) is 0 Å². The Hall–Kier alpha value is -2.62. The summed E-state index contributed by atoms with van der Waals surface area (Å²) in [6.07, 6.45) is 1.92. The first-order valence-electron chi connectivity index (χ1n) is 8.38. The molecule has 0 fully saturated rings. The number of hydrogen-bond donors (Lipinski definition) is 0. The van der Waals surface area contributed by atoms with E-state index in [-0.39, 0.29) is 5.54 Å². The molecule has 2 heterocycles. The number of benzene rings is 2. The van der Waals surface area contributed by atoms with Crippen LogP contribution >= 0.6 is 0 Å². The number of fused-ring (bicyclic) bond motifs is 2. The molecule has 120 valence electrons. The summed E-state index contributed by atoms with van der Waals surface area (Å²) in [5, 5.41) is 8.81. The maximum atomic E-state index is 5.02. The second kappa shape index (κ2) is 5.48. The first-order chi connectivity index (χ1) is 11.6. The average Bonchev–Trinajstić information content (AvgIpc) is 2.61. The summed E-state index contributed by atoms with van der Waals surface area (Å²) in [7, 11) is 0. The van der Waals surface area contributed by atoms with Crippen molar-refractivity contribution in [2.45, 2.75) is 39.2 Å². The summed E-state index contributed by atoms with van der Waals surface area (Å²) in [6, 6.07) is 14.4. The zero-order valence-electron chi connectivity index (χ0n) is 14.2. The summed E-state index contributed by atoms with van der Waals surface area (Å²) in [5.41, 5.74) is 5.97. The van der Waals surface area contributed by atoms with Gasteiger partial charge in [0.2, 0.25) is 5.82 Å². The minimum Gasteiger partial charge on any atom is -0.274 e. The Bertz CT molecular complexity index is 961. The number of nitrogens with zero attached hydrogens (tertiary/aromatic N) is 4. The summed E-state index contributed by atoms with van der Waals surface area (Å²) in [5.74, 6) is 0.611. The van der Waals surface area contributed by atoms with E-state index in [0.29, 0.717) is 5.82 Å². The predicted molar refractivity (Wildman–Crippen MR) is 96.6 cm³/mol. The molecule has 0 amide bonds. The molecule has 4 nitrogen and oxygen atoms in total. The second-order valence-corrected chi connectivity index (χ2v) is 6.72. The van der Waals surface area contributed by atoms with Crippen LogP contribution in [0.2, 0.25) is 0 Å². The summed E-state index contributed by atoms with van der Waals surface area (Å²) < 4.78 is 0. The number of aliphatic imine (C=N–C) groups is 1. The van der Waals surface area contributed by atoms with Crippen LogP contribution in [0.4, 0.5) is 0 Å². The van der Waals surface area contributed by atoms with Crippen LogP contribution in [0.1, 0.15) is 42.8 Å². The van der Waals surface area contributed by atoms with Gasteiger partial charge in [-0.25, -0.2) is 4.98 Å². The molecule has 4 heteroatoms. The molecule has 0 bridgehead atoms. The van der Waals surface area contributed by atoms with E-state index >= 15 is 0 Å². The van der Waals surface area contributed by atoms with Gasteiger partial charge in [0.15, 0.2) is 0 Å². The van der Waals surface area contributed by atoms with Crippen molar-refractivity contribution in [1.82, 2.24) is 15.2 Å². The quantitative estimate of drug-likeness (QED) is 0.720. The van der Waals surface area contributed by atoms with Gasteiger partial charge < -0.3 is 0 Å². The van der Waals surface area contributed by atoms with E-state index in [9.17, 15) is 0 Å². The second-order valence-electron chi connectivity index (χ2n) is 6.72. The lowest BCUT2D eigenvalue weighted by atomic mass is 9.84. The van der Waals surface area contributed by atoms with Gasteiger partial charge in [0.05, 0.1) is 11.1 Å². The normalized spacial score (nSPS) is 19.9. The molecule has 2 aromatic carbocycles. The molecule has 0 radical (unpaired) electrons. The van der Waals surface area contributed by atoms with Crippen molar-refractivity contribution in [3.05, 3.63) is 65.0 Å². The molecule has 24 heavy (non-hydrogen) atoms. The number of aromatic nitrogens is 3. The lowest BCUT2D eigenvalue weighted by molar-refractivity contribution is 0.447. The lowest BCUT2D eigenvalue weighted by Gasteiger charge is -2.30. The van der Waals surface area contributed by atoms with Gasteiger partial charge in [0.1, 0.15) is 11.2 Å². The molecule has 1 aromatic heterocycles. The Morgan fingerprint density at radius 1 is 1.04 bits per heavy atom. The van der Waals surface area contributed by atoms with Gasteiger partial charge in [-0.05, 0) is 43.9 Å². The molecule has 3 aromatic rings. The fourth-order valence-corrected chi connectivity index (χ4v) is 3.26. The number of hydrogen-bond acceptors (Lipinski definition) is 4. The number of aryl methyl sites for hydroxylation is 1. The highest BCUT2D eigenvalue weighted by atomic mass is 15.2. The molecule has 0 aliphatic carbocycles. The van der Waals surface area contributed by atoms with E-state index in [1.807, 2.05) is 31.2 Å². The topological polar surface area (TPSA) is 51.0 Å². The van der Waals surface area contributed by atoms with Crippen molar-refractivity contribution >= 4 is 16.7 Å². The first kappa shape index (κ1) is 14.9. The third-order valence-electron chi connectivity index (χ3n) is 4.89. The molecule has 1 aliphatic rings. The van der Waals surface area contributed by atoms with Crippen molar-refractivity contribution in [3.8, 4) is 0 Å². The van der Waals surface area contributed by atoms with Crippen LogP contribution in [0.5, 0.6) is 0 Å². The third kappa shape index (κ3) is 2.39. The fourth-order valence-electron chi connectivity index (χ4n) is 3.26. The Morgan fingerprint density at radius 2 is 1.88 bits per heavy atom. The van der Waals surface area contributed by atoms with E-state index in [4.69, 9.17) is 9.98 Å². The van der Waals surface area contributed by atoms with Gasteiger partial charge in [0, 0.05) is 5.56 Å².